The van der Waals surface area contributed by atoms with Crippen LogP contribution in [0.5, 0.6) is 0 Å². The van der Waals surface area contributed by atoms with E-state index < -0.39 is 4.92 Å². The number of nitro benzene ring substituents is 1. The number of thiazole rings is 1. The highest BCUT2D eigenvalue weighted by molar-refractivity contribution is 7.09. The molecule has 1 N–H and O–H groups in total. The van der Waals surface area contributed by atoms with Crippen LogP contribution in [0.2, 0.25) is 5.02 Å². The Morgan fingerprint density at radius 3 is 2.95 bits per heavy atom. The molecule has 0 atom stereocenters. The van der Waals surface area contributed by atoms with Gasteiger partial charge in [0.1, 0.15) is 5.69 Å². The summed E-state index contributed by atoms with van der Waals surface area (Å²) in [5.41, 5.74) is 1.34. The van der Waals surface area contributed by atoms with E-state index in [0.717, 1.165) is 10.7 Å². The summed E-state index contributed by atoms with van der Waals surface area (Å²) in [4.78, 5) is 14.8. The monoisotopic (exact) mass is 297 g/mol. The Kier molecular flexibility index (Phi) is 4.34. The molecule has 2 rings (SSSR count). The van der Waals surface area contributed by atoms with Crippen LogP contribution in [0.4, 0.5) is 11.4 Å². The van der Waals surface area contributed by atoms with Crippen molar-refractivity contribution in [3.8, 4) is 0 Å². The zero-order chi connectivity index (χ0) is 13.8. The second kappa shape index (κ2) is 5.99. The number of nitrogens with one attached hydrogen (secondary N) is 1. The summed E-state index contributed by atoms with van der Waals surface area (Å²) in [5.74, 6) is 0. The Morgan fingerprint density at radius 1 is 1.53 bits per heavy atom. The van der Waals surface area contributed by atoms with Gasteiger partial charge >= 0.3 is 0 Å². The Hall–Kier alpha value is -1.66. The fourth-order valence-corrected chi connectivity index (χ4v) is 2.66. The highest BCUT2D eigenvalue weighted by Crippen LogP contribution is 2.31. The lowest BCUT2D eigenvalue weighted by Crippen LogP contribution is -2.07. The molecule has 0 unspecified atom stereocenters. The van der Waals surface area contributed by atoms with E-state index in [4.69, 9.17) is 11.6 Å². The number of anilines is 1. The molecule has 19 heavy (non-hydrogen) atoms. The molecule has 0 saturated heterocycles. The number of benzene rings is 1. The predicted molar refractivity (Wildman–Crippen MR) is 77.2 cm³/mol. The van der Waals surface area contributed by atoms with E-state index in [2.05, 4.69) is 10.3 Å². The summed E-state index contributed by atoms with van der Waals surface area (Å²) in [7, 11) is 0. The van der Waals surface area contributed by atoms with Gasteiger partial charge in [-0.3, -0.25) is 10.1 Å². The van der Waals surface area contributed by atoms with Crippen LogP contribution in [0.25, 0.3) is 0 Å². The summed E-state index contributed by atoms with van der Waals surface area (Å²) in [6.07, 6.45) is 0.709. The molecule has 0 aliphatic carbocycles. The van der Waals surface area contributed by atoms with Crippen LogP contribution in [0.3, 0.4) is 0 Å². The lowest BCUT2D eigenvalue weighted by molar-refractivity contribution is -0.383. The number of hydrogen-bond acceptors (Lipinski definition) is 5. The lowest BCUT2D eigenvalue weighted by Gasteiger charge is -2.07. The highest BCUT2D eigenvalue weighted by atomic mass is 35.5. The van der Waals surface area contributed by atoms with Gasteiger partial charge in [-0.15, -0.1) is 11.3 Å². The van der Waals surface area contributed by atoms with Gasteiger partial charge in [-0.05, 0) is 13.0 Å². The molecule has 0 amide bonds. The molecule has 0 bridgehead atoms. The van der Waals surface area contributed by atoms with Gasteiger partial charge in [-0.2, -0.15) is 0 Å². The maximum absolute atomic E-state index is 10.9. The van der Waals surface area contributed by atoms with Crippen molar-refractivity contribution in [2.75, 3.05) is 11.9 Å². The third-order valence-corrected chi connectivity index (χ3v) is 3.84. The second-order valence-electron chi connectivity index (χ2n) is 3.95. The van der Waals surface area contributed by atoms with Crippen molar-refractivity contribution in [1.29, 1.82) is 0 Å². The molecule has 7 heteroatoms. The van der Waals surface area contributed by atoms with Crippen molar-refractivity contribution in [3.63, 3.8) is 0 Å². The molecular formula is C12H12ClN3O2S. The Bertz CT molecular complexity index is 600. The Morgan fingerprint density at radius 2 is 2.32 bits per heavy atom. The number of halogens is 1. The van der Waals surface area contributed by atoms with E-state index in [1.807, 2.05) is 12.3 Å². The SMILES string of the molecule is Cc1csc(CCNc2c(Cl)cccc2[N+](=O)[O-])n1. The summed E-state index contributed by atoms with van der Waals surface area (Å²) in [6, 6.07) is 4.63. The first-order valence-corrected chi connectivity index (χ1v) is 6.91. The maximum atomic E-state index is 10.9. The maximum Gasteiger partial charge on any atom is 0.293 e. The minimum atomic E-state index is -0.443. The third-order valence-electron chi connectivity index (χ3n) is 2.50. The first-order valence-electron chi connectivity index (χ1n) is 5.65. The van der Waals surface area contributed by atoms with Crippen LogP contribution in [-0.2, 0) is 6.42 Å². The van der Waals surface area contributed by atoms with E-state index in [-0.39, 0.29) is 5.69 Å². The molecule has 2 aromatic rings. The van der Waals surface area contributed by atoms with Gasteiger partial charge < -0.3 is 5.32 Å². The van der Waals surface area contributed by atoms with Gasteiger partial charge in [0.2, 0.25) is 0 Å². The average molecular weight is 298 g/mol. The van der Waals surface area contributed by atoms with Gasteiger partial charge in [0.05, 0.1) is 15.0 Å². The van der Waals surface area contributed by atoms with E-state index in [9.17, 15) is 10.1 Å². The smallest absolute Gasteiger partial charge is 0.293 e. The van der Waals surface area contributed by atoms with Gasteiger partial charge in [0.25, 0.3) is 5.69 Å². The largest absolute Gasteiger partial charge is 0.378 e. The number of rotatable bonds is 5. The third kappa shape index (κ3) is 3.42. The molecule has 0 fully saturated rings. The summed E-state index contributed by atoms with van der Waals surface area (Å²) in [5, 5.41) is 17.3. The van der Waals surface area contributed by atoms with E-state index >= 15 is 0 Å². The standard InChI is InChI=1S/C12H12ClN3O2S/c1-8-7-19-11(15-8)5-6-14-12-9(13)3-2-4-10(12)16(17)18/h2-4,7,14H,5-6H2,1H3. The normalized spacial score (nSPS) is 10.4. The average Bonchev–Trinajstić information content (AvgIpc) is 2.77. The quantitative estimate of drug-likeness (QED) is 0.675. The van der Waals surface area contributed by atoms with E-state index in [1.54, 1.807) is 23.5 Å². The van der Waals surface area contributed by atoms with Crippen LogP contribution < -0.4 is 5.32 Å². The summed E-state index contributed by atoms with van der Waals surface area (Å²) in [6.45, 7) is 2.49. The highest BCUT2D eigenvalue weighted by Gasteiger charge is 2.15. The van der Waals surface area contributed by atoms with Crippen molar-refractivity contribution < 1.29 is 4.92 Å². The van der Waals surface area contributed by atoms with Gasteiger partial charge in [-0.1, -0.05) is 17.7 Å². The number of nitro groups is 1. The molecule has 1 aromatic heterocycles. The number of hydrogen-bond donors (Lipinski definition) is 1. The topological polar surface area (TPSA) is 68.1 Å². The van der Waals surface area contributed by atoms with Crippen LogP contribution in [0.15, 0.2) is 23.6 Å². The number of aryl methyl sites for hydroxylation is 1. The van der Waals surface area contributed by atoms with Crippen molar-refractivity contribution >= 4 is 34.3 Å². The van der Waals surface area contributed by atoms with Crippen LogP contribution >= 0.6 is 22.9 Å². The number of nitrogens with zero attached hydrogens (tertiary/aromatic N) is 2. The van der Waals surface area contributed by atoms with Gasteiger partial charge in [-0.25, -0.2) is 4.98 Å². The van der Waals surface area contributed by atoms with E-state index in [1.165, 1.54) is 6.07 Å². The fourth-order valence-electron chi connectivity index (χ4n) is 1.65. The van der Waals surface area contributed by atoms with Crippen LogP contribution in [0.1, 0.15) is 10.7 Å². The number of aromatic nitrogens is 1. The van der Waals surface area contributed by atoms with Crippen molar-refractivity contribution in [3.05, 3.63) is 49.4 Å². The van der Waals surface area contributed by atoms with Crippen molar-refractivity contribution in [2.45, 2.75) is 13.3 Å². The fraction of sp³-hybridized carbons (Fsp3) is 0.250. The molecule has 0 spiro atoms. The van der Waals surface area contributed by atoms with Gasteiger partial charge in [0, 0.05) is 30.1 Å². The zero-order valence-electron chi connectivity index (χ0n) is 10.2. The van der Waals surface area contributed by atoms with Crippen molar-refractivity contribution in [2.24, 2.45) is 0 Å². The second-order valence-corrected chi connectivity index (χ2v) is 5.30. The molecular weight excluding hydrogens is 286 g/mol. The Labute approximate surface area is 119 Å². The summed E-state index contributed by atoms with van der Waals surface area (Å²) >= 11 is 7.56. The molecule has 0 radical (unpaired) electrons. The molecule has 5 nitrogen and oxygen atoms in total. The first kappa shape index (κ1) is 13.8. The minimum absolute atomic E-state index is 0.0113. The first-order chi connectivity index (χ1) is 9.08. The molecule has 0 aliphatic rings. The van der Waals surface area contributed by atoms with Crippen LogP contribution in [0, 0.1) is 17.0 Å². The van der Waals surface area contributed by atoms with Crippen LogP contribution in [-0.4, -0.2) is 16.5 Å². The summed E-state index contributed by atoms with van der Waals surface area (Å²) < 4.78 is 0. The molecule has 0 aliphatic heterocycles. The Balaban J connectivity index is 2.05. The minimum Gasteiger partial charge on any atom is -0.378 e. The molecule has 1 aromatic carbocycles. The lowest BCUT2D eigenvalue weighted by atomic mass is 10.2. The van der Waals surface area contributed by atoms with Gasteiger partial charge in [0.15, 0.2) is 0 Å². The number of para-hydroxylation sites is 1. The zero-order valence-corrected chi connectivity index (χ0v) is 11.8. The molecule has 1 heterocycles. The molecule has 0 saturated carbocycles. The van der Waals surface area contributed by atoms with E-state index in [0.29, 0.717) is 23.7 Å². The predicted octanol–water partition coefficient (Wildman–Crippen LogP) is 3.67. The van der Waals surface area contributed by atoms with Crippen molar-refractivity contribution in [1.82, 2.24) is 4.98 Å². The molecule has 100 valence electrons.